The molecule has 1 N–H and O–H groups in total. The highest BCUT2D eigenvalue weighted by molar-refractivity contribution is 7.99. The summed E-state index contributed by atoms with van der Waals surface area (Å²) >= 11 is 1.73. The third kappa shape index (κ3) is 4.36. The summed E-state index contributed by atoms with van der Waals surface area (Å²) in [6.07, 6.45) is 0. The fourth-order valence-electron chi connectivity index (χ4n) is 1.06. The average molecular weight is 225 g/mol. The van der Waals surface area contributed by atoms with Gasteiger partial charge in [-0.3, -0.25) is 0 Å². The highest BCUT2D eigenvalue weighted by Gasteiger charge is 1.98. The van der Waals surface area contributed by atoms with Crippen molar-refractivity contribution in [3.63, 3.8) is 0 Å². The van der Waals surface area contributed by atoms with E-state index in [1.165, 1.54) is 4.90 Å². The van der Waals surface area contributed by atoms with Gasteiger partial charge in [0, 0.05) is 10.6 Å². The largest absolute Gasteiger partial charge is 0.545 e. The van der Waals surface area contributed by atoms with Crippen molar-refractivity contribution in [1.29, 1.82) is 0 Å². The van der Waals surface area contributed by atoms with Crippen LogP contribution in [0.25, 0.3) is 0 Å². The SMILES string of the molecule is C[NH+](C)CCSc1ccc(C(=O)[O-])cc1. The zero-order chi connectivity index (χ0) is 11.3. The summed E-state index contributed by atoms with van der Waals surface area (Å²) in [5.74, 6) is -0.0863. The maximum Gasteiger partial charge on any atom is 0.0862 e. The van der Waals surface area contributed by atoms with Crippen LogP contribution in [0.1, 0.15) is 10.4 Å². The van der Waals surface area contributed by atoms with E-state index in [2.05, 4.69) is 14.1 Å². The smallest absolute Gasteiger partial charge is 0.0862 e. The third-order valence-corrected chi connectivity index (χ3v) is 2.97. The van der Waals surface area contributed by atoms with Crippen molar-refractivity contribution in [3.05, 3.63) is 29.8 Å². The van der Waals surface area contributed by atoms with Crippen LogP contribution in [-0.2, 0) is 0 Å². The maximum absolute atomic E-state index is 10.5. The number of hydrogen-bond acceptors (Lipinski definition) is 3. The van der Waals surface area contributed by atoms with Crippen molar-refractivity contribution in [2.45, 2.75) is 4.90 Å². The molecule has 0 amide bonds. The van der Waals surface area contributed by atoms with E-state index in [4.69, 9.17) is 0 Å². The molecule has 15 heavy (non-hydrogen) atoms. The Morgan fingerprint density at radius 1 is 1.33 bits per heavy atom. The molecule has 0 atom stereocenters. The molecule has 0 unspecified atom stereocenters. The van der Waals surface area contributed by atoms with E-state index in [0.717, 1.165) is 17.2 Å². The number of quaternary nitrogens is 1. The molecule has 4 heteroatoms. The van der Waals surface area contributed by atoms with Gasteiger partial charge in [-0.1, -0.05) is 12.1 Å². The molecule has 0 saturated heterocycles. The molecule has 0 spiro atoms. The van der Waals surface area contributed by atoms with E-state index in [-0.39, 0.29) is 5.56 Å². The molecular weight excluding hydrogens is 210 g/mol. The number of carboxylic acids is 1. The second-order valence-electron chi connectivity index (χ2n) is 3.62. The molecule has 0 radical (unpaired) electrons. The minimum Gasteiger partial charge on any atom is -0.545 e. The molecule has 82 valence electrons. The van der Waals surface area contributed by atoms with E-state index < -0.39 is 5.97 Å². The van der Waals surface area contributed by atoms with Crippen LogP contribution < -0.4 is 10.0 Å². The molecule has 3 nitrogen and oxygen atoms in total. The summed E-state index contributed by atoms with van der Waals surface area (Å²) in [6.45, 7) is 1.09. The Kier molecular flexibility index (Phi) is 4.65. The van der Waals surface area contributed by atoms with Crippen LogP contribution in [0.3, 0.4) is 0 Å². The van der Waals surface area contributed by atoms with Gasteiger partial charge in [-0.2, -0.15) is 0 Å². The number of carbonyl (C=O) groups excluding carboxylic acids is 1. The van der Waals surface area contributed by atoms with Gasteiger partial charge in [0.15, 0.2) is 0 Å². The van der Waals surface area contributed by atoms with Crippen molar-refractivity contribution in [2.75, 3.05) is 26.4 Å². The first-order chi connectivity index (χ1) is 7.09. The molecule has 0 heterocycles. The fraction of sp³-hybridized carbons (Fsp3) is 0.364. The summed E-state index contributed by atoms with van der Waals surface area (Å²) in [6, 6.07) is 6.81. The second kappa shape index (κ2) is 5.78. The number of carbonyl (C=O) groups is 1. The van der Waals surface area contributed by atoms with Gasteiger partial charge in [-0.25, -0.2) is 0 Å². The van der Waals surface area contributed by atoms with Crippen LogP contribution in [0.5, 0.6) is 0 Å². The summed E-state index contributed by atoms with van der Waals surface area (Å²) in [4.78, 5) is 13.0. The van der Waals surface area contributed by atoms with Crippen molar-refractivity contribution in [3.8, 4) is 0 Å². The molecule has 0 aromatic heterocycles. The number of thioether (sulfide) groups is 1. The average Bonchev–Trinajstić information content (AvgIpc) is 2.18. The molecular formula is C11H15NO2S. The Balaban J connectivity index is 2.46. The predicted octanol–water partition coefficient (Wildman–Crippen LogP) is -0.713. The molecule has 1 aromatic rings. The van der Waals surface area contributed by atoms with Crippen LogP contribution in [0.15, 0.2) is 29.2 Å². The highest BCUT2D eigenvalue weighted by Crippen LogP contribution is 2.17. The van der Waals surface area contributed by atoms with Crippen molar-refractivity contribution >= 4 is 17.7 Å². The van der Waals surface area contributed by atoms with Gasteiger partial charge in [0.05, 0.1) is 26.6 Å². The number of hydrogen-bond donors (Lipinski definition) is 1. The number of carboxylic acid groups (broad SMARTS) is 1. The summed E-state index contributed by atoms with van der Waals surface area (Å²) in [5.41, 5.74) is 0.234. The molecule has 0 aliphatic heterocycles. The van der Waals surface area contributed by atoms with Gasteiger partial charge in [-0.05, 0) is 17.7 Å². The number of nitrogens with one attached hydrogen (secondary N) is 1. The lowest BCUT2D eigenvalue weighted by molar-refractivity contribution is -0.855. The normalized spacial score (nSPS) is 10.6. The standard InChI is InChI=1S/C11H15NO2S/c1-12(2)7-8-15-10-5-3-9(4-6-10)11(13)14/h3-6H,7-8H2,1-2H3,(H,13,14). The van der Waals surface area contributed by atoms with Crippen LogP contribution in [0, 0.1) is 0 Å². The van der Waals surface area contributed by atoms with Crippen LogP contribution in [0.2, 0.25) is 0 Å². The molecule has 1 rings (SSSR count). The van der Waals surface area contributed by atoms with Crippen molar-refractivity contribution in [2.24, 2.45) is 0 Å². The zero-order valence-electron chi connectivity index (χ0n) is 8.95. The van der Waals surface area contributed by atoms with Gasteiger partial charge in [-0.15, -0.1) is 11.8 Å². The number of rotatable bonds is 5. The molecule has 0 bridgehead atoms. The van der Waals surface area contributed by atoms with E-state index in [1.54, 1.807) is 23.9 Å². The van der Waals surface area contributed by atoms with Gasteiger partial charge in [0.2, 0.25) is 0 Å². The summed E-state index contributed by atoms with van der Waals surface area (Å²) in [5, 5.41) is 10.5. The molecule has 0 aliphatic rings. The lowest BCUT2D eigenvalue weighted by Crippen LogP contribution is -3.06. The Bertz CT molecular complexity index is 322. The molecule has 1 aromatic carbocycles. The first-order valence-corrected chi connectivity index (χ1v) is 5.81. The Labute approximate surface area is 94.1 Å². The highest BCUT2D eigenvalue weighted by atomic mass is 32.2. The summed E-state index contributed by atoms with van der Waals surface area (Å²) in [7, 11) is 4.22. The minimum atomic E-state index is -1.12. The van der Waals surface area contributed by atoms with Crippen molar-refractivity contribution in [1.82, 2.24) is 0 Å². The fourth-order valence-corrected chi connectivity index (χ4v) is 2.13. The molecule has 0 fully saturated rings. The lowest BCUT2D eigenvalue weighted by Gasteiger charge is -2.07. The first kappa shape index (κ1) is 12.1. The van der Waals surface area contributed by atoms with E-state index in [9.17, 15) is 9.90 Å². The Hall–Kier alpha value is -1.00. The predicted molar refractivity (Wildman–Crippen MR) is 59.2 cm³/mol. The van der Waals surface area contributed by atoms with Crippen LogP contribution in [-0.4, -0.2) is 32.4 Å². The van der Waals surface area contributed by atoms with Gasteiger partial charge in [0.1, 0.15) is 0 Å². The quantitative estimate of drug-likeness (QED) is 0.673. The van der Waals surface area contributed by atoms with Crippen molar-refractivity contribution < 1.29 is 14.8 Å². The van der Waals surface area contributed by atoms with Gasteiger partial charge < -0.3 is 14.8 Å². The van der Waals surface area contributed by atoms with Gasteiger partial charge >= 0.3 is 0 Å². The van der Waals surface area contributed by atoms with Gasteiger partial charge in [0.25, 0.3) is 0 Å². The number of benzene rings is 1. The summed E-state index contributed by atoms with van der Waals surface area (Å²) < 4.78 is 0. The first-order valence-electron chi connectivity index (χ1n) is 4.83. The van der Waals surface area contributed by atoms with Crippen LogP contribution >= 0.6 is 11.8 Å². The molecule has 0 saturated carbocycles. The van der Waals surface area contributed by atoms with E-state index >= 15 is 0 Å². The zero-order valence-corrected chi connectivity index (χ0v) is 9.76. The Morgan fingerprint density at radius 3 is 2.40 bits per heavy atom. The number of aromatic carboxylic acids is 1. The van der Waals surface area contributed by atoms with E-state index in [0.29, 0.717) is 0 Å². The monoisotopic (exact) mass is 225 g/mol. The topological polar surface area (TPSA) is 44.6 Å². The van der Waals surface area contributed by atoms with E-state index in [1.807, 2.05) is 12.1 Å². The second-order valence-corrected chi connectivity index (χ2v) is 4.79. The Morgan fingerprint density at radius 2 is 1.93 bits per heavy atom. The lowest BCUT2D eigenvalue weighted by atomic mass is 10.2. The minimum absolute atomic E-state index is 0.234. The third-order valence-electron chi connectivity index (χ3n) is 1.96. The maximum atomic E-state index is 10.5. The van der Waals surface area contributed by atoms with Crippen LogP contribution in [0.4, 0.5) is 0 Å². The molecule has 0 aliphatic carbocycles.